The van der Waals surface area contributed by atoms with E-state index in [1.165, 1.54) is 18.2 Å². The van der Waals surface area contributed by atoms with Crippen molar-refractivity contribution in [1.29, 1.82) is 0 Å². The molecule has 2 amide bonds. The molecule has 2 rings (SSSR count). The Bertz CT molecular complexity index is 473. The highest BCUT2D eigenvalue weighted by Crippen LogP contribution is 2.22. The van der Waals surface area contributed by atoms with E-state index in [1.807, 2.05) is 0 Å². The third-order valence-corrected chi connectivity index (χ3v) is 2.54. The number of carbonyl (C=O) groups is 2. The molecule has 0 aliphatic carbocycles. The summed E-state index contributed by atoms with van der Waals surface area (Å²) in [5.41, 5.74) is -0.00986. The predicted molar refractivity (Wildman–Crippen MR) is 58.7 cm³/mol. The van der Waals surface area contributed by atoms with Crippen LogP contribution in [0.3, 0.4) is 0 Å². The minimum Gasteiger partial charge on any atom is -0.508 e. The second-order valence-corrected chi connectivity index (χ2v) is 3.88. The molecule has 6 heteroatoms. The quantitative estimate of drug-likeness (QED) is 0.530. The van der Waals surface area contributed by atoms with Crippen LogP contribution in [0.15, 0.2) is 18.2 Å². The summed E-state index contributed by atoms with van der Waals surface area (Å²) in [6, 6.07) is 3.42. The van der Waals surface area contributed by atoms with Gasteiger partial charge in [-0.3, -0.25) is 9.59 Å². The second-order valence-electron chi connectivity index (χ2n) is 3.88. The zero-order chi connectivity index (χ0) is 12.4. The molecular weight excluding hydrogens is 224 g/mol. The molecule has 6 nitrogen and oxygen atoms in total. The molecule has 1 fully saturated rings. The van der Waals surface area contributed by atoms with Gasteiger partial charge in [-0.2, -0.15) is 0 Å². The van der Waals surface area contributed by atoms with E-state index in [0.717, 1.165) is 0 Å². The van der Waals surface area contributed by atoms with Gasteiger partial charge in [0.2, 0.25) is 5.91 Å². The molecule has 1 aromatic carbocycles. The molecule has 0 radical (unpaired) electrons. The van der Waals surface area contributed by atoms with Gasteiger partial charge in [0.25, 0.3) is 5.91 Å². The standard InChI is InChI=1S/C11H12N2O4/c14-7-1-2-9(15)8(4-7)11(17)13-6-3-10(16)12-5-6/h1-2,4,6,14-15H,3,5H2,(H,12,16)(H,13,17). The van der Waals surface area contributed by atoms with Crippen LogP contribution in [-0.4, -0.2) is 34.6 Å². The Morgan fingerprint density at radius 3 is 2.82 bits per heavy atom. The van der Waals surface area contributed by atoms with Crippen LogP contribution in [-0.2, 0) is 4.79 Å². The van der Waals surface area contributed by atoms with E-state index < -0.39 is 5.91 Å². The summed E-state index contributed by atoms with van der Waals surface area (Å²) in [5, 5.41) is 23.9. The fraction of sp³-hybridized carbons (Fsp3) is 0.273. The van der Waals surface area contributed by atoms with E-state index in [0.29, 0.717) is 6.54 Å². The maximum atomic E-state index is 11.8. The zero-order valence-corrected chi connectivity index (χ0v) is 8.93. The molecule has 1 saturated heterocycles. The Morgan fingerprint density at radius 2 is 2.18 bits per heavy atom. The van der Waals surface area contributed by atoms with Crippen molar-refractivity contribution < 1.29 is 19.8 Å². The van der Waals surface area contributed by atoms with Crippen LogP contribution in [0.4, 0.5) is 0 Å². The summed E-state index contributed by atoms with van der Waals surface area (Å²) in [6.07, 6.45) is 0.227. The Kier molecular flexibility index (Phi) is 2.86. The molecule has 1 unspecified atom stereocenters. The van der Waals surface area contributed by atoms with Crippen molar-refractivity contribution in [3.05, 3.63) is 23.8 Å². The fourth-order valence-electron chi connectivity index (χ4n) is 1.68. The molecular formula is C11H12N2O4. The minimum absolute atomic E-state index is 0.00986. The normalized spacial score (nSPS) is 18.8. The van der Waals surface area contributed by atoms with Crippen LogP contribution >= 0.6 is 0 Å². The number of benzene rings is 1. The van der Waals surface area contributed by atoms with Gasteiger partial charge in [-0.15, -0.1) is 0 Å². The summed E-state index contributed by atoms with van der Waals surface area (Å²) in [4.78, 5) is 22.7. The van der Waals surface area contributed by atoms with Crippen molar-refractivity contribution in [2.75, 3.05) is 6.54 Å². The maximum Gasteiger partial charge on any atom is 0.255 e. The van der Waals surface area contributed by atoms with Gasteiger partial charge in [0.05, 0.1) is 11.6 Å². The van der Waals surface area contributed by atoms with E-state index in [1.54, 1.807) is 0 Å². The highest BCUT2D eigenvalue weighted by molar-refractivity contribution is 5.97. The monoisotopic (exact) mass is 236 g/mol. The number of hydrogen-bond donors (Lipinski definition) is 4. The summed E-state index contributed by atoms with van der Waals surface area (Å²) in [7, 11) is 0. The molecule has 0 spiro atoms. The van der Waals surface area contributed by atoms with Crippen molar-refractivity contribution in [2.45, 2.75) is 12.5 Å². The predicted octanol–water partition coefficient (Wildman–Crippen LogP) is -0.284. The lowest BCUT2D eigenvalue weighted by Gasteiger charge is -2.11. The van der Waals surface area contributed by atoms with Gasteiger partial charge in [0.15, 0.2) is 0 Å². The van der Waals surface area contributed by atoms with Crippen LogP contribution in [0.25, 0.3) is 0 Å². The van der Waals surface area contributed by atoms with E-state index in [2.05, 4.69) is 10.6 Å². The van der Waals surface area contributed by atoms with Gasteiger partial charge < -0.3 is 20.8 Å². The van der Waals surface area contributed by atoms with Gasteiger partial charge in [-0.05, 0) is 18.2 Å². The molecule has 0 bridgehead atoms. The number of rotatable bonds is 2. The summed E-state index contributed by atoms with van der Waals surface area (Å²) in [5.74, 6) is -0.943. The first-order chi connectivity index (χ1) is 8.06. The van der Waals surface area contributed by atoms with Crippen LogP contribution in [0.5, 0.6) is 11.5 Å². The fourth-order valence-corrected chi connectivity index (χ4v) is 1.68. The van der Waals surface area contributed by atoms with Crippen molar-refractivity contribution in [2.24, 2.45) is 0 Å². The largest absolute Gasteiger partial charge is 0.508 e. The van der Waals surface area contributed by atoms with Crippen molar-refractivity contribution >= 4 is 11.8 Å². The average Bonchev–Trinajstić information content (AvgIpc) is 2.67. The van der Waals surface area contributed by atoms with Gasteiger partial charge in [0, 0.05) is 13.0 Å². The zero-order valence-electron chi connectivity index (χ0n) is 8.93. The third-order valence-electron chi connectivity index (χ3n) is 2.54. The first-order valence-electron chi connectivity index (χ1n) is 5.16. The smallest absolute Gasteiger partial charge is 0.255 e. The SMILES string of the molecule is O=C1CC(NC(=O)c2cc(O)ccc2O)CN1. The van der Waals surface area contributed by atoms with Crippen LogP contribution in [0, 0.1) is 0 Å². The molecule has 1 atom stereocenters. The first kappa shape index (κ1) is 11.3. The van der Waals surface area contributed by atoms with E-state index >= 15 is 0 Å². The van der Waals surface area contributed by atoms with Crippen LogP contribution in [0.2, 0.25) is 0 Å². The van der Waals surface area contributed by atoms with Gasteiger partial charge in [-0.1, -0.05) is 0 Å². The Morgan fingerprint density at radius 1 is 1.41 bits per heavy atom. The van der Waals surface area contributed by atoms with Gasteiger partial charge in [-0.25, -0.2) is 0 Å². The van der Waals surface area contributed by atoms with Crippen LogP contribution in [0.1, 0.15) is 16.8 Å². The summed E-state index contributed by atoms with van der Waals surface area (Å²) < 4.78 is 0. The number of amides is 2. The topological polar surface area (TPSA) is 98.7 Å². The average molecular weight is 236 g/mol. The van der Waals surface area contributed by atoms with E-state index in [9.17, 15) is 19.8 Å². The highest BCUT2D eigenvalue weighted by Gasteiger charge is 2.24. The lowest BCUT2D eigenvalue weighted by Crippen LogP contribution is -2.36. The van der Waals surface area contributed by atoms with E-state index in [-0.39, 0.29) is 35.4 Å². The van der Waals surface area contributed by atoms with Gasteiger partial charge in [0.1, 0.15) is 11.5 Å². The summed E-state index contributed by atoms with van der Waals surface area (Å²) in [6.45, 7) is 0.379. The molecule has 17 heavy (non-hydrogen) atoms. The number of aromatic hydroxyl groups is 2. The molecule has 4 N–H and O–H groups in total. The Balaban J connectivity index is 2.09. The van der Waals surface area contributed by atoms with Crippen LogP contribution < -0.4 is 10.6 Å². The Hall–Kier alpha value is -2.24. The van der Waals surface area contributed by atoms with Crippen molar-refractivity contribution in [3.8, 4) is 11.5 Å². The number of nitrogens with one attached hydrogen (secondary N) is 2. The number of phenols is 2. The maximum absolute atomic E-state index is 11.8. The number of carbonyl (C=O) groups excluding carboxylic acids is 2. The second kappa shape index (κ2) is 4.32. The highest BCUT2D eigenvalue weighted by atomic mass is 16.3. The van der Waals surface area contributed by atoms with Crippen molar-refractivity contribution in [3.63, 3.8) is 0 Å². The molecule has 1 heterocycles. The lowest BCUT2D eigenvalue weighted by molar-refractivity contribution is -0.119. The Labute approximate surface area is 97.3 Å². The molecule has 1 aromatic rings. The van der Waals surface area contributed by atoms with E-state index in [4.69, 9.17) is 0 Å². The lowest BCUT2D eigenvalue weighted by atomic mass is 10.1. The van der Waals surface area contributed by atoms with Crippen molar-refractivity contribution in [1.82, 2.24) is 10.6 Å². The first-order valence-corrected chi connectivity index (χ1v) is 5.16. The number of hydrogen-bond acceptors (Lipinski definition) is 4. The third kappa shape index (κ3) is 2.47. The molecule has 0 aromatic heterocycles. The summed E-state index contributed by atoms with van der Waals surface area (Å²) >= 11 is 0. The molecule has 0 saturated carbocycles. The van der Waals surface area contributed by atoms with Gasteiger partial charge >= 0.3 is 0 Å². The number of phenolic OH excluding ortho intramolecular Hbond substituents is 2. The molecule has 1 aliphatic heterocycles. The molecule has 90 valence electrons. The minimum atomic E-state index is -0.514. The molecule has 1 aliphatic rings.